The largest absolute Gasteiger partial charge is 0.332 e. The number of halogens is 1. The molecule has 116 valence electrons. The highest BCUT2D eigenvalue weighted by atomic mass is 35.5. The highest BCUT2D eigenvalue weighted by Crippen LogP contribution is 2.27. The summed E-state index contributed by atoms with van der Waals surface area (Å²) < 4.78 is 0. The second kappa shape index (κ2) is 6.99. The smallest absolute Gasteiger partial charge is 0.177 e. The molecule has 0 aliphatic carbocycles. The lowest BCUT2D eigenvalue weighted by Gasteiger charge is -2.26. The zero-order valence-electron chi connectivity index (χ0n) is 12.8. The van der Waals surface area contributed by atoms with Crippen molar-refractivity contribution in [3.63, 3.8) is 0 Å². The van der Waals surface area contributed by atoms with Gasteiger partial charge in [-0.2, -0.15) is 0 Å². The van der Waals surface area contributed by atoms with Crippen LogP contribution >= 0.6 is 23.8 Å². The third-order valence-corrected chi connectivity index (χ3v) is 4.29. The zero-order chi connectivity index (χ0) is 16.2. The van der Waals surface area contributed by atoms with E-state index in [1.807, 2.05) is 30.3 Å². The maximum Gasteiger partial charge on any atom is 0.177 e. The maximum absolute atomic E-state index is 5.93. The first-order chi connectivity index (χ1) is 11.2. The first-order valence-electron chi connectivity index (χ1n) is 7.51. The average molecular weight is 341 g/mol. The molecule has 0 bridgehead atoms. The van der Waals surface area contributed by atoms with Crippen molar-refractivity contribution in [2.24, 2.45) is 0 Å². The first-order valence-corrected chi connectivity index (χ1v) is 8.29. The van der Waals surface area contributed by atoms with E-state index in [2.05, 4.69) is 53.5 Å². The Morgan fingerprint density at radius 1 is 1.00 bits per heavy atom. The van der Waals surface area contributed by atoms with Crippen LogP contribution in [0.2, 0.25) is 5.02 Å². The molecule has 3 aromatic carbocycles. The summed E-state index contributed by atoms with van der Waals surface area (Å²) >= 11 is 11.5. The minimum Gasteiger partial charge on any atom is -0.332 e. The molecule has 0 fully saturated rings. The number of rotatable bonds is 3. The highest BCUT2D eigenvalue weighted by Gasteiger charge is 2.13. The number of hydrogen-bond acceptors (Lipinski definition) is 1. The van der Waals surface area contributed by atoms with Gasteiger partial charge in [0.1, 0.15) is 0 Å². The number of fused-ring (bicyclic) bond motifs is 1. The number of benzene rings is 3. The van der Waals surface area contributed by atoms with Crippen LogP contribution in [0, 0.1) is 0 Å². The molecule has 0 unspecified atom stereocenters. The fraction of sp³-hybridized carbons (Fsp3) is 0.105. The van der Waals surface area contributed by atoms with Crippen LogP contribution in [-0.4, -0.2) is 11.7 Å². The molecule has 0 radical (unpaired) electrons. The third-order valence-electron chi connectivity index (χ3n) is 3.71. The second-order valence-corrected chi connectivity index (χ2v) is 6.00. The van der Waals surface area contributed by atoms with Crippen molar-refractivity contribution in [1.82, 2.24) is 0 Å². The van der Waals surface area contributed by atoms with Crippen LogP contribution in [0.15, 0.2) is 66.7 Å². The lowest BCUT2D eigenvalue weighted by molar-refractivity contribution is 1.07. The molecule has 0 aliphatic rings. The van der Waals surface area contributed by atoms with Crippen molar-refractivity contribution in [2.45, 2.75) is 6.92 Å². The Balaban J connectivity index is 1.91. The molecule has 23 heavy (non-hydrogen) atoms. The molecule has 0 aromatic heterocycles. The van der Waals surface area contributed by atoms with E-state index >= 15 is 0 Å². The number of thiocarbonyl (C=S) groups is 1. The van der Waals surface area contributed by atoms with Crippen LogP contribution in [0.4, 0.5) is 11.4 Å². The van der Waals surface area contributed by atoms with E-state index in [9.17, 15) is 0 Å². The molecule has 4 heteroatoms. The first kappa shape index (κ1) is 15.8. The van der Waals surface area contributed by atoms with E-state index < -0.39 is 0 Å². The minimum atomic E-state index is 0.672. The summed E-state index contributed by atoms with van der Waals surface area (Å²) in [5.74, 6) is 0. The molecule has 1 N–H and O–H groups in total. The van der Waals surface area contributed by atoms with Gasteiger partial charge in [0.15, 0.2) is 5.11 Å². The van der Waals surface area contributed by atoms with Gasteiger partial charge in [0.25, 0.3) is 0 Å². The van der Waals surface area contributed by atoms with Crippen LogP contribution in [0.5, 0.6) is 0 Å². The number of nitrogens with one attached hydrogen (secondary N) is 1. The SMILES string of the molecule is CCN(C(=S)Nc1ccc(Cl)cc1)c1cccc2ccccc12. The van der Waals surface area contributed by atoms with Gasteiger partial charge in [-0.1, -0.05) is 48.0 Å². The van der Waals surface area contributed by atoms with E-state index in [0.29, 0.717) is 10.1 Å². The summed E-state index contributed by atoms with van der Waals surface area (Å²) in [7, 11) is 0. The van der Waals surface area contributed by atoms with Gasteiger partial charge in [0.2, 0.25) is 0 Å². The van der Waals surface area contributed by atoms with E-state index in [0.717, 1.165) is 17.9 Å². The molecular formula is C19H17ClN2S. The Kier molecular flexibility index (Phi) is 4.79. The van der Waals surface area contributed by atoms with Crippen LogP contribution in [0.3, 0.4) is 0 Å². The molecule has 3 aromatic rings. The molecule has 0 amide bonds. The van der Waals surface area contributed by atoms with Gasteiger partial charge in [-0.05, 0) is 54.9 Å². The Hall–Kier alpha value is -2.10. The summed E-state index contributed by atoms with van der Waals surface area (Å²) in [6.07, 6.45) is 0. The summed E-state index contributed by atoms with van der Waals surface area (Å²) in [5.41, 5.74) is 2.04. The predicted molar refractivity (Wildman–Crippen MR) is 105 cm³/mol. The van der Waals surface area contributed by atoms with E-state index in [1.54, 1.807) is 0 Å². The summed E-state index contributed by atoms with van der Waals surface area (Å²) in [6, 6.07) is 22.1. The molecule has 0 saturated heterocycles. The third kappa shape index (κ3) is 3.46. The zero-order valence-corrected chi connectivity index (χ0v) is 14.4. The van der Waals surface area contributed by atoms with Crippen molar-refractivity contribution in [1.29, 1.82) is 0 Å². The molecule has 3 rings (SSSR count). The Bertz CT molecular complexity index is 825. The van der Waals surface area contributed by atoms with Gasteiger partial charge in [-0.25, -0.2) is 0 Å². The van der Waals surface area contributed by atoms with Crippen LogP contribution in [-0.2, 0) is 0 Å². The van der Waals surface area contributed by atoms with Crippen LogP contribution < -0.4 is 10.2 Å². The standard InChI is InChI=1S/C19H17ClN2S/c1-2-22(19(23)21-16-12-10-15(20)11-13-16)18-9-5-7-14-6-3-4-8-17(14)18/h3-13H,2H2,1H3,(H,21,23). The quantitative estimate of drug-likeness (QED) is 0.614. The van der Waals surface area contributed by atoms with Crippen molar-refractivity contribution < 1.29 is 0 Å². The van der Waals surface area contributed by atoms with E-state index in [4.69, 9.17) is 23.8 Å². The molecule has 2 nitrogen and oxygen atoms in total. The lowest BCUT2D eigenvalue weighted by Crippen LogP contribution is -2.34. The number of anilines is 2. The maximum atomic E-state index is 5.93. The normalized spacial score (nSPS) is 10.5. The second-order valence-electron chi connectivity index (χ2n) is 5.18. The van der Waals surface area contributed by atoms with Crippen LogP contribution in [0.25, 0.3) is 10.8 Å². The van der Waals surface area contributed by atoms with Crippen molar-refractivity contribution in [2.75, 3.05) is 16.8 Å². The fourth-order valence-corrected chi connectivity index (χ4v) is 3.06. The fourth-order valence-electron chi connectivity index (χ4n) is 2.59. The highest BCUT2D eigenvalue weighted by molar-refractivity contribution is 7.80. The van der Waals surface area contributed by atoms with Gasteiger partial charge in [-0.15, -0.1) is 0 Å². The van der Waals surface area contributed by atoms with E-state index in [1.165, 1.54) is 10.8 Å². The van der Waals surface area contributed by atoms with Crippen molar-refractivity contribution in [3.8, 4) is 0 Å². The number of hydrogen-bond donors (Lipinski definition) is 1. The van der Waals surface area contributed by atoms with E-state index in [-0.39, 0.29) is 0 Å². The monoisotopic (exact) mass is 340 g/mol. The summed E-state index contributed by atoms with van der Waals surface area (Å²) in [5, 5.41) is 7.06. The summed E-state index contributed by atoms with van der Waals surface area (Å²) in [6.45, 7) is 2.88. The van der Waals surface area contributed by atoms with Crippen molar-refractivity contribution >= 4 is 51.1 Å². The molecule has 0 aliphatic heterocycles. The van der Waals surface area contributed by atoms with Gasteiger partial charge in [-0.3, -0.25) is 0 Å². The Morgan fingerprint density at radius 2 is 1.70 bits per heavy atom. The van der Waals surface area contributed by atoms with Gasteiger partial charge < -0.3 is 10.2 Å². The van der Waals surface area contributed by atoms with Crippen LogP contribution in [0.1, 0.15) is 6.92 Å². The summed E-state index contributed by atoms with van der Waals surface area (Å²) in [4.78, 5) is 2.10. The van der Waals surface area contributed by atoms with Gasteiger partial charge in [0.05, 0.1) is 5.69 Å². The predicted octanol–water partition coefficient (Wildman–Crippen LogP) is 5.72. The van der Waals surface area contributed by atoms with Gasteiger partial charge in [0, 0.05) is 22.6 Å². The molecule has 0 spiro atoms. The molecule has 0 atom stereocenters. The molecular weight excluding hydrogens is 324 g/mol. The Labute approximate surface area is 146 Å². The number of nitrogens with zero attached hydrogens (tertiary/aromatic N) is 1. The Morgan fingerprint density at radius 3 is 2.43 bits per heavy atom. The van der Waals surface area contributed by atoms with Gasteiger partial charge >= 0.3 is 0 Å². The minimum absolute atomic E-state index is 0.672. The molecule has 0 heterocycles. The molecule has 0 saturated carbocycles. The average Bonchev–Trinajstić information content (AvgIpc) is 2.58. The van der Waals surface area contributed by atoms with Crippen molar-refractivity contribution in [3.05, 3.63) is 71.8 Å². The lowest BCUT2D eigenvalue weighted by atomic mass is 10.1. The topological polar surface area (TPSA) is 15.3 Å².